The fourth-order valence-electron chi connectivity index (χ4n) is 2.55. The zero-order chi connectivity index (χ0) is 16.6. The molecule has 2 aromatic heterocycles. The van der Waals surface area contributed by atoms with E-state index in [1.165, 1.54) is 6.20 Å². The zero-order valence-electron chi connectivity index (χ0n) is 11.8. The Hall–Kier alpha value is -1.93. The van der Waals surface area contributed by atoms with Crippen LogP contribution in [-0.2, 0) is 25.7 Å². The Bertz CT molecular complexity index is 790. The summed E-state index contributed by atoms with van der Waals surface area (Å²) in [6, 6.07) is 1.76. The molecule has 3 rings (SSSR count). The second-order valence-electron chi connectivity index (χ2n) is 5.31. The van der Waals surface area contributed by atoms with E-state index < -0.39 is 17.6 Å². The highest BCUT2D eigenvalue weighted by molar-refractivity contribution is 6.30. The summed E-state index contributed by atoms with van der Waals surface area (Å²) in [6.07, 6.45) is -1.19. The third kappa shape index (κ3) is 3.53. The standard InChI is InChI=1S/C14H12ClF3N4O/c15-9-3-8(4-19-5-9)6-22-2-1-11-10(7-22)12(23)21-13(20-11)14(16,17)18/h3-5H,1-2,6-7H2,(H,20,21,23). The van der Waals surface area contributed by atoms with Gasteiger partial charge >= 0.3 is 6.18 Å². The lowest BCUT2D eigenvalue weighted by Gasteiger charge is -2.27. The third-order valence-corrected chi connectivity index (χ3v) is 3.79. The van der Waals surface area contributed by atoms with Crippen LogP contribution < -0.4 is 5.56 Å². The summed E-state index contributed by atoms with van der Waals surface area (Å²) < 4.78 is 38.0. The summed E-state index contributed by atoms with van der Waals surface area (Å²) >= 11 is 5.88. The van der Waals surface area contributed by atoms with Crippen LogP contribution in [0.2, 0.25) is 5.02 Å². The van der Waals surface area contributed by atoms with Gasteiger partial charge in [0.2, 0.25) is 5.82 Å². The fourth-order valence-corrected chi connectivity index (χ4v) is 2.75. The van der Waals surface area contributed by atoms with Crippen molar-refractivity contribution in [1.29, 1.82) is 0 Å². The van der Waals surface area contributed by atoms with Crippen LogP contribution in [0.3, 0.4) is 0 Å². The average molecular weight is 345 g/mol. The van der Waals surface area contributed by atoms with Crippen molar-refractivity contribution in [2.45, 2.75) is 25.7 Å². The number of nitrogens with one attached hydrogen (secondary N) is 1. The van der Waals surface area contributed by atoms with Crippen molar-refractivity contribution in [2.24, 2.45) is 0 Å². The molecular formula is C14H12ClF3N4O. The highest BCUT2D eigenvalue weighted by Gasteiger charge is 2.35. The number of rotatable bonds is 2. The summed E-state index contributed by atoms with van der Waals surface area (Å²) in [7, 11) is 0. The molecule has 5 nitrogen and oxygen atoms in total. The van der Waals surface area contributed by atoms with E-state index in [4.69, 9.17) is 11.6 Å². The van der Waals surface area contributed by atoms with E-state index in [9.17, 15) is 18.0 Å². The Labute approximate surface area is 134 Å². The normalized spacial score (nSPS) is 15.5. The van der Waals surface area contributed by atoms with Gasteiger partial charge in [-0.25, -0.2) is 4.98 Å². The van der Waals surface area contributed by atoms with Crippen molar-refractivity contribution in [3.8, 4) is 0 Å². The van der Waals surface area contributed by atoms with Gasteiger partial charge in [0.1, 0.15) is 0 Å². The molecule has 2 aromatic rings. The van der Waals surface area contributed by atoms with Crippen molar-refractivity contribution in [3.05, 3.63) is 56.5 Å². The van der Waals surface area contributed by atoms with Gasteiger partial charge in [-0.2, -0.15) is 13.2 Å². The topological polar surface area (TPSA) is 61.9 Å². The van der Waals surface area contributed by atoms with Gasteiger partial charge in [0.25, 0.3) is 5.56 Å². The number of pyridine rings is 1. The minimum absolute atomic E-state index is 0.210. The highest BCUT2D eigenvalue weighted by Crippen LogP contribution is 2.26. The number of aromatic nitrogens is 3. The molecule has 0 amide bonds. The maximum absolute atomic E-state index is 12.7. The maximum Gasteiger partial charge on any atom is 0.449 e. The fraction of sp³-hybridized carbons (Fsp3) is 0.357. The van der Waals surface area contributed by atoms with Crippen LogP contribution in [-0.4, -0.2) is 26.4 Å². The van der Waals surface area contributed by atoms with Crippen molar-refractivity contribution < 1.29 is 13.2 Å². The smallest absolute Gasteiger partial charge is 0.303 e. The van der Waals surface area contributed by atoms with Crippen LogP contribution >= 0.6 is 11.6 Å². The maximum atomic E-state index is 12.7. The minimum atomic E-state index is -4.65. The van der Waals surface area contributed by atoms with Gasteiger partial charge in [-0.05, 0) is 11.6 Å². The van der Waals surface area contributed by atoms with Gasteiger partial charge in [0.05, 0.1) is 16.3 Å². The summed E-state index contributed by atoms with van der Waals surface area (Å²) in [4.78, 5) is 23.2. The third-order valence-electron chi connectivity index (χ3n) is 3.58. The predicted octanol–water partition coefficient (Wildman–Crippen LogP) is 2.40. The van der Waals surface area contributed by atoms with Crippen LogP contribution in [0.4, 0.5) is 13.2 Å². The van der Waals surface area contributed by atoms with Crippen molar-refractivity contribution >= 4 is 11.6 Å². The van der Waals surface area contributed by atoms with Gasteiger partial charge in [-0.3, -0.25) is 14.7 Å². The number of aromatic amines is 1. The molecule has 9 heteroatoms. The number of nitrogens with zero attached hydrogens (tertiary/aromatic N) is 3. The molecule has 1 N–H and O–H groups in total. The molecule has 0 aliphatic carbocycles. The number of halogens is 4. The SMILES string of the molecule is O=c1[nH]c(C(F)(F)F)nc2c1CN(Cc1cncc(Cl)c1)CC2. The van der Waals surface area contributed by atoms with Gasteiger partial charge < -0.3 is 4.98 Å². The van der Waals surface area contributed by atoms with Gasteiger partial charge in [-0.1, -0.05) is 11.6 Å². The lowest BCUT2D eigenvalue weighted by atomic mass is 10.1. The molecule has 122 valence electrons. The Morgan fingerprint density at radius 1 is 1.35 bits per heavy atom. The summed E-state index contributed by atoms with van der Waals surface area (Å²) in [6.45, 7) is 1.25. The first-order chi connectivity index (χ1) is 10.8. The predicted molar refractivity (Wildman–Crippen MR) is 76.9 cm³/mol. The molecule has 1 aliphatic rings. The van der Waals surface area contributed by atoms with Crippen LogP contribution in [0.15, 0.2) is 23.3 Å². The van der Waals surface area contributed by atoms with E-state index in [1.54, 1.807) is 12.3 Å². The monoisotopic (exact) mass is 344 g/mol. The van der Waals surface area contributed by atoms with Crippen LogP contribution in [0.25, 0.3) is 0 Å². The van der Waals surface area contributed by atoms with Gasteiger partial charge in [0, 0.05) is 38.4 Å². The van der Waals surface area contributed by atoms with Crippen molar-refractivity contribution in [2.75, 3.05) is 6.54 Å². The number of fused-ring (bicyclic) bond motifs is 1. The molecular weight excluding hydrogens is 333 g/mol. The quantitative estimate of drug-likeness (QED) is 0.908. The van der Waals surface area contributed by atoms with E-state index in [0.717, 1.165) is 5.56 Å². The molecule has 0 aromatic carbocycles. The molecule has 0 fully saturated rings. The van der Waals surface area contributed by atoms with E-state index in [-0.39, 0.29) is 24.2 Å². The minimum Gasteiger partial charge on any atom is -0.303 e. The second kappa shape index (κ2) is 5.93. The van der Waals surface area contributed by atoms with Gasteiger partial charge in [0.15, 0.2) is 0 Å². The number of hydrogen-bond acceptors (Lipinski definition) is 4. The van der Waals surface area contributed by atoms with E-state index in [1.807, 2.05) is 9.88 Å². The van der Waals surface area contributed by atoms with Crippen molar-refractivity contribution in [3.63, 3.8) is 0 Å². The zero-order valence-corrected chi connectivity index (χ0v) is 12.6. The molecule has 0 unspecified atom stereocenters. The van der Waals surface area contributed by atoms with Crippen LogP contribution in [0, 0.1) is 0 Å². The number of H-pyrrole nitrogens is 1. The van der Waals surface area contributed by atoms with Crippen LogP contribution in [0.5, 0.6) is 0 Å². The van der Waals surface area contributed by atoms with Crippen molar-refractivity contribution in [1.82, 2.24) is 19.9 Å². The Morgan fingerprint density at radius 2 is 2.13 bits per heavy atom. The first-order valence-corrected chi connectivity index (χ1v) is 7.22. The lowest BCUT2D eigenvalue weighted by molar-refractivity contribution is -0.145. The van der Waals surface area contributed by atoms with E-state index in [2.05, 4.69) is 9.97 Å². The summed E-state index contributed by atoms with van der Waals surface area (Å²) in [5.74, 6) is -1.24. The molecule has 0 atom stereocenters. The molecule has 0 saturated heterocycles. The molecule has 0 bridgehead atoms. The molecule has 3 heterocycles. The largest absolute Gasteiger partial charge is 0.449 e. The molecule has 0 spiro atoms. The first kappa shape index (κ1) is 15.9. The average Bonchev–Trinajstić information content (AvgIpc) is 2.47. The summed E-state index contributed by atoms with van der Waals surface area (Å²) in [5.41, 5.74) is 0.620. The lowest BCUT2D eigenvalue weighted by Crippen LogP contribution is -2.36. The number of alkyl halides is 3. The van der Waals surface area contributed by atoms with E-state index in [0.29, 0.717) is 18.1 Å². The Kier molecular flexibility index (Phi) is 4.11. The second-order valence-corrected chi connectivity index (χ2v) is 5.75. The molecule has 0 saturated carbocycles. The summed E-state index contributed by atoms with van der Waals surface area (Å²) in [5, 5.41) is 0.509. The van der Waals surface area contributed by atoms with E-state index >= 15 is 0 Å². The van der Waals surface area contributed by atoms with Crippen LogP contribution in [0.1, 0.15) is 22.6 Å². The highest BCUT2D eigenvalue weighted by atomic mass is 35.5. The van der Waals surface area contributed by atoms with Gasteiger partial charge in [-0.15, -0.1) is 0 Å². The first-order valence-electron chi connectivity index (χ1n) is 6.84. The molecule has 1 aliphatic heterocycles. The molecule has 23 heavy (non-hydrogen) atoms. The Morgan fingerprint density at radius 3 is 2.83 bits per heavy atom. The number of hydrogen-bond donors (Lipinski definition) is 1. The Balaban J connectivity index is 1.83. The molecule has 0 radical (unpaired) electrons.